The summed E-state index contributed by atoms with van der Waals surface area (Å²) >= 11 is 1.30. The number of hydrogen-bond donors (Lipinski definition) is 2. The van der Waals surface area contributed by atoms with Gasteiger partial charge in [0.2, 0.25) is 5.91 Å². The number of carbonyl (C=O) groups excluding carboxylic acids is 2. The Bertz CT molecular complexity index is 699. The molecule has 0 saturated heterocycles. The number of aromatic nitrogens is 2. The summed E-state index contributed by atoms with van der Waals surface area (Å²) in [4.78, 5) is 32.3. The number of nitrogens with zero attached hydrogens (tertiary/aromatic N) is 2. The summed E-state index contributed by atoms with van der Waals surface area (Å²) < 4.78 is 4.78. The molecule has 0 unspecified atom stereocenters. The molecule has 0 aliphatic rings. The number of nitrogens with one attached hydrogen (secondary N) is 2. The third kappa shape index (κ3) is 3.51. The minimum absolute atomic E-state index is 0.0409. The summed E-state index contributed by atoms with van der Waals surface area (Å²) in [5.41, 5.74) is 0.816. The zero-order chi connectivity index (χ0) is 16.1. The number of esters is 1. The SMILES string of the molecule is COC(=O)c1sc2ncnc(NCCCNC(C)=O)c2c1C. The van der Waals surface area contributed by atoms with Crippen molar-refractivity contribution in [1.29, 1.82) is 0 Å². The van der Waals surface area contributed by atoms with Gasteiger partial charge in [0.1, 0.15) is 21.9 Å². The molecule has 0 atom stereocenters. The van der Waals surface area contributed by atoms with Gasteiger partial charge in [-0.3, -0.25) is 4.79 Å². The molecule has 7 nitrogen and oxygen atoms in total. The van der Waals surface area contributed by atoms with E-state index in [1.54, 1.807) is 0 Å². The highest BCUT2D eigenvalue weighted by molar-refractivity contribution is 7.20. The molecule has 0 aliphatic carbocycles. The first-order valence-electron chi connectivity index (χ1n) is 6.85. The zero-order valence-electron chi connectivity index (χ0n) is 12.7. The maximum atomic E-state index is 11.8. The van der Waals surface area contributed by atoms with Gasteiger partial charge in [0.05, 0.1) is 12.5 Å². The van der Waals surface area contributed by atoms with Crippen molar-refractivity contribution in [2.45, 2.75) is 20.3 Å². The monoisotopic (exact) mass is 322 g/mol. The molecule has 2 rings (SSSR count). The predicted molar refractivity (Wildman–Crippen MR) is 85.3 cm³/mol. The zero-order valence-corrected chi connectivity index (χ0v) is 13.5. The van der Waals surface area contributed by atoms with Crippen molar-refractivity contribution in [1.82, 2.24) is 15.3 Å². The average molecular weight is 322 g/mol. The Morgan fingerprint density at radius 1 is 1.32 bits per heavy atom. The van der Waals surface area contributed by atoms with Gasteiger partial charge in [0, 0.05) is 20.0 Å². The van der Waals surface area contributed by atoms with Gasteiger partial charge in [-0.05, 0) is 18.9 Å². The van der Waals surface area contributed by atoms with Crippen LogP contribution in [0.1, 0.15) is 28.6 Å². The largest absolute Gasteiger partial charge is 0.465 e. The van der Waals surface area contributed by atoms with Crippen molar-refractivity contribution in [2.24, 2.45) is 0 Å². The molecule has 2 aromatic rings. The van der Waals surface area contributed by atoms with Crippen LogP contribution < -0.4 is 10.6 Å². The van der Waals surface area contributed by atoms with E-state index >= 15 is 0 Å². The van der Waals surface area contributed by atoms with Crippen LogP contribution in [0.25, 0.3) is 10.2 Å². The second kappa shape index (κ2) is 7.17. The van der Waals surface area contributed by atoms with Gasteiger partial charge in [-0.2, -0.15) is 0 Å². The van der Waals surface area contributed by atoms with Crippen LogP contribution >= 0.6 is 11.3 Å². The minimum Gasteiger partial charge on any atom is -0.465 e. The normalized spacial score (nSPS) is 10.5. The Labute approximate surface area is 132 Å². The van der Waals surface area contributed by atoms with E-state index in [1.165, 1.54) is 31.7 Å². The van der Waals surface area contributed by atoms with Crippen molar-refractivity contribution in [3.05, 3.63) is 16.8 Å². The van der Waals surface area contributed by atoms with Crippen LogP contribution in [0.3, 0.4) is 0 Å². The fraction of sp³-hybridized carbons (Fsp3) is 0.429. The van der Waals surface area contributed by atoms with E-state index in [0.717, 1.165) is 22.2 Å². The number of amides is 1. The topological polar surface area (TPSA) is 93.2 Å². The first kappa shape index (κ1) is 16.2. The number of fused-ring (bicyclic) bond motifs is 1. The molecule has 2 aromatic heterocycles. The van der Waals surface area contributed by atoms with Crippen molar-refractivity contribution in [3.8, 4) is 0 Å². The van der Waals surface area contributed by atoms with Gasteiger partial charge in [0.25, 0.3) is 0 Å². The van der Waals surface area contributed by atoms with E-state index in [0.29, 0.717) is 23.8 Å². The van der Waals surface area contributed by atoms with E-state index in [1.807, 2.05) is 6.92 Å². The number of aryl methyl sites for hydroxylation is 1. The molecule has 0 saturated carbocycles. The van der Waals surface area contributed by atoms with Gasteiger partial charge in [-0.25, -0.2) is 14.8 Å². The van der Waals surface area contributed by atoms with Crippen LogP contribution in [0.4, 0.5) is 5.82 Å². The maximum absolute atomic E-state index is 11.8. The Morgan fingerprint density at radius 2 is 2.09 bits per heavy atom. The predicted octanol–water partition coefficient (Wildman–Crippen LogP) is 1.72. The van der Waals surface area contributed by atoms with Gasteiger partial charge >= 0.3 is 5.97 Å². The Morgan fingerprint density at radius 3 is 2.77 bits per heavy atom. The molecule has 8 heteroatoms. The highest BCUT2D eigenvalue weighted by Crippen LogP contribution is 2.33. The summed E-state index contributed by atoms with van der Waals surface area (Å²) in [6.07, 6.45) is 2.24. The van der Waals surface area contributed by atoms with Crippen molar-refractivity contribution in [2.75, 3.05) is 25.5 Å². The van der Waals surface area contributed by atoms with E-state index in [9.17, 15) is 9.59 Å². The number of thiophene rings is 1. The van der Waals surface area contributed by atoms with Gasteiger partial charge in [-0.15, -0.1) is 11.3 Å². The van der Waals surface area contributed by atoms with Crippen LogP contribution in [0.15, 0.2) is 6.33 Å². The number of rotatable bonds is 6. The van der Waals surface area contributed by atoms with Crippen LogP contribution in [0.2, 0.25) is 0 Å². The molecule has 0 aromatic carbocycles. The third-order valence-corrected chi connectivity index (χ3v) is 4.30. The first-order valence-corrected chi connectivity index (χ1v) is 7.67. The Balaban J connectivity index is 2.15. The van der Waals surface area contributed by atoms with Gasteiger partial charge in [-0.1, -0.05) is 0 Å². The first-order chi connectivity index (χ1) is 10.5. The molecule has 0 spiro atoms. The smallest absolute Gasteiger partial charge is 0.348 e. The average Bonchev–Trinajstić information content (AvgIpc) is 2.84. The van der Waals surface area contributed by atoms with E-state index in [-0.39, 0.29) is 11.9 Å². The summed E-state index contributed by atoms with van der Waals surface area (Å²) in [5.74, 6) is 0.287. The number of ether oxygens (including phenoxy) is 1. The van der Waals surface area contributed by atoms with Gasteiger partial charge < -0.3 is 15.4 Å². The Kier molecular flexibility index (Phi) is 5.26. The van der Waals surface area contributed by atoms with E-state index < -0.39 is 0 Å². The molecular formula is C14H18N4O3S. The molecule has 0 aliphatic heterocycles. The van der Waals surface area contributed by atoms with Crippen molar-refractivity contribution in [3.63, 3.8) is 0 Å². The van der Waals surface area contributed by atoms with Crippen LogP contribution in [-0.2, 0) is 9.53 Å². The summed E-state index contributed by atoms with van der Waals surface area (Å²) in [6.45, 7) is 4.61. The molecule has 2 N–H and O–H groups in total. The molecule has 0 fully saturated rings. The Hall–Kier alpha value is -2.22. The van der Waals surface area contributed by atoms with Crippen LogP contribution in [0.5, 0.6) is 0 Å². The van der Waals surface area contributed by atoms with Crippen molar-refractivity contribution < 1.29 is 14.3 Å². The summed E-state index contributed by atoms with van der Waals surface area (Å²) in [6, 6.07) is 0. The van der Waals surface area contributed by atoms with E-state index in [4.69, 9.17) is 4.74 Å². The van der Waals surface area contributed by atoms with Crippen molar-refractivity contribution >= 4 is 39.2 Å². The molecular weight excluding hydrogens is 304 g/mol. The lowest BCUT2D eigenvalue weighted by molar-refractivity contribution is -0.118. The minimum atomic E-state index is -0.364. The fourth-order valence-electron chi connectivity index (χ4n) is 2.05. The highest BCUT2D eigenvalue weighted by Gasteiger charge is 2.19. The number of hydrogen-bond acceptors (Lipinski definition) is 7. The quantitative estimate of drug-likeness (QED) is 0.621. The lowest BCUT2D eigenvalue weighted by atomic mass is 10.2. The fourth-order valence-corrected chi connectivity index (χ4v) is 3.12. The molecule has 0 radical (unpaired) electrons. The molecule has 118 valence electrons. The summed E-state index contributed by atoms with van der Waals surface area (Å²) in [7, 11) is 1.36. The highest BCUT2D eigenvalue weighted by atomic mass is 32.1. The van der Waals surface area contributed by atoms with Gasteiger partial charge in [0.15, 0.2) is 0 Å². The number of methoxy groups -OCH3 is 1. The second-order valence-corrected chi connectivity index (χ2v) is 5.71. The van der Waals surface area contributed by atoms with Crippen LogP contribution in [-0.4, -0.2) is 42.0 Å². The molecule has 22 heavy (non-hydrogen) atoms. The maximum Gasteiger partial charge on any atom is 0.348 e. The molecule has 1 amide bonds. The lowest BCUT2D eigenvalue weighted by Crippen LogP contribution is -2.22. The number of anilines is 1. The summed E-state index contributed by atoms with van der Waals surface area (Å²) in [5, 5.41) is 6.80. The third-order valence-electron chi connectivity index (χ3n) is 3.12. The molecule has 0 bridgehead atoms. The molecule has 2 heterocycles. The standard InChI is InChI=1S/C14H18N4O3S/c1-8-10-12(16-6-4-5-15-9(2)19)17-7-18-13(10)22-11(8)14(20)21-3/h7H,4-6H2,1-3H3,(H,15,19)(H,16,17,18). The second-order valence-electron chi connectivity index (χ2n) is 4.71. The van der Waals surface area contributed by atoms with E-state index in [2.05, 4.69) is 20.6 Å². The lowest BCUT2D eigenvalue weighted by Gasteiger charge is -2.07. The number of carbonyl (C=O) groups is 2. The van der Waals surface area contributed by atoms with Crippen LogP contribution in [0, 0.1) is 6.92 Å².